The van der Waals surface area contributed by atoms with E-state index in [1.54, 1.807) is 11.8 Å². The molecule has 129 valence electrons. The van der Waals surface area contributed by atoms with Crippen molar-refractivity contribution in [3.63, 3.8) is 0 Å². The number of thioether (sulfide) groups is 1. The second kappa shape index (κ2) is 6.78. The summed E-state index contributed by atoms with van der Waals surface area (Å²) in [7, 11) is 0. The molecule has 1 N–H and O–H groups in total. The number of alkyl halides is 3. The summed E-state index contributed by atoms with van der Waals surface area (Å²) in [4.78, 5) is 0.690. The van der Waals surface area contributed by atoms with Gasteiger partial charge in [0.2, 0.25) is 0 Å². The third-order valence-electron chi connectivity index (χ3n) is 3.28. The van der Waals surface area contributed by atoms with Crippen molar-refractivity contribution in [3.05, 3.63) is 48.5 Å². The topological polar surface area (TPSA) is 30.5 Å². The number of anilines is 1. The van der Waals surface area contributed by atoms with E-state index in [1.807, 2.05) is 30.3 Å². The molecule has 24 heavy (non-hydrogen) atoms. The third kappa shape index (κ3) is 4.53. The summed E-state index contributed by atoms with van der Waals surface area (Å²) in [5.41, 5.74) is 0.344. The van der Waals surface area contributed by atoms with Gasteiger partial charge in [-0.1, -0.05) is 0 Å². The Hall–Kier alpha value is -1.50. The summed E-state index contributed by atoms with van der Waals surface area (Å²) in [5.74, 6) is 0.127. The Morgan fingerprint density at radius 1 is 1.08 bits per heavy atom. The van der Waals surface area contributed by atoms with Crippen LogP contribution in [0, 0.1) is 0 Å². The number of hydrogen-bond donors (Lipinski definition) is 1. The van der Waals surface area contributed by atoms with Crippen LogP contribution < -0.4 is 13.8 Å². The molecule has 0 amide bonds. The van der Waals surface area contributed by atoms with Gasteiger partial charge in [0.1, 0.15) is 0 Å². The van der Waals surface area contributed by atoms with Gasteiger partial charge in [-0.15, -0.1) is 0 Å². The SMILES string of the molecule is FC(F)(F)Oc1ccc(OC2(Sc3ccccc3)CC2)c([NH][Fe])c1. The van der Waals surface area contributed by atoms with Gasteiger partial charge in [-0.2, -0.15) is 0 Å². The maximum absolute atomic E-state index is 12.3. The van der Waals surface area contributed by atoms with Gasteiger partial charge in [0.15, 0.2) is 0 Å². The summed E-state index contributed by atoms with van der Waals surface area (Å²) in [6, 6.07) is 13.7. The van der Waals surface area contributed by atoms with Crippen LogP contribution in [0.15, 0.2) is 53.4 Å². The molecule has 0 saturated heterocycles. The van der Waals surface area contributed by atoms with Gasteiger partial charge in [-0.3, -0.25) is 0 Å². The van der Waals surface area contributed by atoms with Crippen LogP contribution in [0.5, 0.6) is 11.5 Å². The average Bonchev–Trinajstić information content (AvgIpc) is 3.27. The van der Waals surface area contributed by atoms with Crippen molar-refractivity contribution >= 4 is 17.4 Å². The summed E-state index contributed by atoms with van der Waals surface area (Å²) in [6.45, 7) is 0. The number of rotatable bonds is 6. The molecule has 0 radical (unpaired) electrons. The van der Waals surface area contributed by atoms with E-state index in [9.17, 15) is 13.2 Å². The molecule has 0 unspecified atom stereocenters. The Kier molecular flexibility index (Phi) is 4.90. The van der Waals surface area contributed by atoms with Gasteiger partial charge >= 0.3 is 150 Å². The first kappa shape index (κ1) is 17.3. The second-order valence-electron chi connectivity index (χ2n) is 5.22. The minimum atomic E-state index is -4.73. The number of ether oxygens (including phenoxy) is 2. The fourth-order valence-corrected chi connectivity index (χ4v) is 3.47. The molecule has 0 aromatic heterocycles. The van der Waals surface area contributed by atoms with Gasteiger partial charge in [0.25, 0.3) is 0 Å². The molecule has 1 aliphatic carbocycles. The molecule has 3 nitrogen and oxygen atoms in total. The molecular formula is C16H13F3FeNO2S. The predicted molar refractivity (Wildman–Crippen MR) is 81.6 cm³/mol. The van der Waals surface area contributed by atoms with E-state index in [0.717, 1.165) is 17.7 Å². The van der Waals surface area contributed by atoms with Crippen molar-refractivity contribution in [2.24, 2.45) is 0 Å². The van der Waals surface area contributed by atoms with Crippen molar-refractivity contribution in [2.45, 2.75) is 29.0 Å². The van der Waals surface area contributed by atoms with E-state index in [2.05, 4.69) is 25.3 Å². The van der Waals surface area contributed by atoms with Crippen LogP contribution in [0.2, 0.25) is 0 Å². The van der Waals surface area contributed by atoms with E-state index in [4.69, 9.17) is 4.74 Å². The monoisotopic (exact) mass is 396 g/mol. The maximum atomic E-state index is 12.3. The summed E-state index contributed by atoms with van der Waals surface area (Å²) < 4.78 is 49.5. The fourth-order valence-electron chi connectivity index (χ4n) is 2.10. The molecule has 2 aromatic carbocycles. The van der Waals surface area contributed by atoms with E-state index in [1.165, 1.54) is 18.2 Å². The Morgan fingerprint density at radius 3 is 2.38 bits per heavy atom. The zero-order valence-corrected chi connectivity index (χ0v) is 14.2. The van der Waals surface area contributed by atoms with Crippen molar-refractivity contribution in [3.8, 4) is 11.5 Å². The van der Waals surface area contributed by atoms with E-state index in [0.29, 0.717) is 11.4 Å². The first-order chi connectivity index (χ1) is 11.4. The summed E-state index contributed by atoms with van der Waals surface area (Å²) in [6.07, 6.45) is -3.00. The van der Waals surface area contributed by atoms with E-state index < -0.39 is 6.36 Å². The van der Waals surface area contributed by atoms with Crippen LogP contribution in [0.25, 0.3) is 0 Å². The van der Waals surface area contributed by atoms with Crippen molar-refractivity contribution in [1.82, 2.24) is 0 Å². The molecule has 0 bridgehead atoms. The molecule has 3 rings (SSSR count). The summed E-state index contributed by atoms with van der Waals surface area (Å²) in [5, 5.41) is 0. The van der Waals surface area contributed by atoms with Crippen LogP contribution in [-0.2, 0) is 16.2 Å². The molecule has 1 aliphatic rings. The average molecular weight is 396 g/mol. The standard InChI is InChI=1S/C16H13F3NO2S.Fe/c17-16(18,19)21-11-6-7-14(13(20)10-11)22-15(8-9-15)23-12-4-2-1-3-5-12;/h1-7,10,20H,8-9H2;/q-1;+1. The van der Waals surface area contributed by atoms with Crippen LogP contribution in [0.1, 0.15) is 12.8 Å². The van der Waals surface area contributed by atoms with Crippen molar-refractivity contribution in [1.29, 1.82) is 0 Å². The first-order valence-corrected chi connectivity index (χ1v) is 8.44. The van der Waals surface area contributed by atoms with Crippen LogP contribution >= 0.6 is 11.8 Å². The van der Waals surface area contributed by atoms with Gasteiger partial charge in [-0.25, -0.2) is 0 Å². The minimum absolute atomic E-state index is 0.318. The molecule has 1 fully saturated rings. The predicted octanol–water partition coefficient (Wildman–Crippen LogP) is 5.12. The molecule has 0 spiro atoms. The molecular weight excluding hydrogens is 383 g/mol. The quantitative estimate of drug-likeness (QED) is 0.543. The van der Waals surface area contributed by atoms with Crippen LogP contribution in [0.4, 0.5) is 18.9 Å². The third-order valence-corrected chi connectivity index (χ3v) is 4.95. The molecule has 0 heterocycles. The first-order valence-electron chi connectivity index (χ1n) is 7.07. The molecule has 0 aliphatic heterocycles. The molecule has 2 aromatic rings. The number of benzene rings is 2. The van der Waals surface area contributed by atoms with E-state index >= 15 is 0 Å². The van der Waals surface area contributed by atoms with Crippen LogP contribution in [-0.4, -0.2) is 11.3 Å². The van der Waals surface area contributed by atoms with Crippen molar-refractivity contribution < 1.29 is 38.9 Å². The van der Waals surface area contributed by atoms with Crippen molar-refractivity contribution in [2.75, 3.05) is 4.33 Å². The molecule has 0 atom stereocenters. The van der Waals surface area contributed by atoms with Gasteiger partial charge in [-0.05, 0) is 0 Å². The van der Waals surface area contributed by atoms with Crippen LogP contribution in [0.3, 0.4) is 0 Å². The number of halogens is 3. The summed E-state index contributed by atoms with van der Waals surface area (Å²) >= 11 is 5.12. The molecule has 8 heteroatoms. The molecule has 1 saturated carbocycles. The van der Waals surface area contributed by atoms with E-state index in [-0.39, 0.29) is 10.7 Å². The zero-order chi connectivity index (χ0) is 17.2. The Morgan fingerprint density at radius 2 is 1.79 bits per heavy atom. The number of nitrogens with one attached hydrogen (secondary N) is 1. The Bertz CT molecular complexity index is 708. The normalized spacial score (nSPS) is 15.7. The van der Waals surface area contributed by atoms with Gasteiger partial charge < -0.3 is 0 Å². The van der Waals surface area contributed by atoms with Gasteiger partial charge in [0, 0.05) is 0 Å². The second-order valence-corrected chi connectivity index (χ2v) is 6.92. The Balaban J connectivity index is 1.75. The Labute approximate surface area is 149 Å². The fraction of sp³-hybridized carbons (Fsp3) is 0.250. The number of hydrogen-bond acceptors (Lipinski definition) is 4. The zero-order valence-electron chi connectivity index (χ0n) is 12.2. The van der Waals surface area contributed by atoms with Gasteiger partial charge in [0.05, 0.1) is 0 Å².